The van der Waals surface area contributed by atoms with Gasteiger partial charge in [0.25, 0.3) is 0 Å². The smallest absolute Gasteiger partial charge is 0.410 e. The molecule has 64 heavy (non-hydrogen) atoms. The Bertz CT molecular complexity index is 2090. The summed E-state index contributed by atoms with van der Waals surface area (Å²) in [7, 11) is 1.53. The quantitative estimate of drug-likeness (QED) is 0.0583. The summed E-state index contributed by atoms with van der Waals surface area (Å²) < 4.78 is 46.9. The topological polar surface area (TPSA) is 252 Å². The number of rotatable bonds is 16. The van der Waals surface area contributed by atoms with Gasteiger partial charge in [0.1, 0.15) is 44.1 Å². The van der Waals surface area contributed by atoms with Crippen LogP contribution in [0.25, 0.3) is 10.4 Å². The lowest BCUT2D eigenvalue weighted by Crippen LogP contribution is -2.75. The maximum absolute atomic E-state index is 13.7. The molecule has 3 aromatic carbocycles. The molecule has 2 unspecified atom stereocenters. The van der Waals surface area contributed by atoms with Crippen molar-refractivity contribution in [2.45, 2.75) is 121 Å². The van der Waals surface area contributed by atoms with Crippen molar-refractivity contribution in [1.82, 2.24) is 15.5 Å². The van der Waals surface area contributed by atoms with Crippen molar-refractivity contribution in [3.8, 4) is 0 Å². The van der Waals surface area contributed by atoms with Crippen LogP contribution in [0.1, 0.15) is 57.2 Å². The Morgan fingerprint density at radius 2 is 1.11 bits per heavy atom. The average molecular weight is 889 g/mol. The maximum atomic E-state index is 13.7. The van der Waals surface area contributed by atoms with E-state index in [0.717, 1.165) is 26.3 Å². The number of alkyl carbamates (subject to hydrolysis) is 2. The Hall–Kier alpha value is -6.89. The summed E-state index contributed by atoms with van der Waals surface area (Å²) in [5.41, 5.74) is 11.6. The standard InChI is InChI=1S/C44H52N6O14/c1-26(50(5)44(56)59-25-32-19-13-8-14-20-32)34-22-21-33(48-49-45)41(63-34)64-39-36(47-43(55)58-24-31-17-11-7-12-18-31)37(60-27(2)51)35(38(61-28(3)52)40(39)62-29(4)53)46-42(54)57-23-30-15-9-6-10-16-30/h6-20,26,33-41H,21-25H2,1-5H3,(H,46,54)(H,47,55)/t26?,33-,34+,35-,36+,37-,38+,39-,40-,41?/m1/s1. The van der Waals surface area contributed by atoms with Gasteiger partial charge in [0.15, 0.2) is 18.5 Å². The van der Waals surface area contributed by atoms with Crippen LogP contribution in [-0.4, -0.2) is 109 Å². The lowest BCUT2D eigenvalue weighted by Gasteiger charge is -2.50. The molecule has 0 radical (unpaired) electrons. The Kier molecular flexibility index (Phi) is 17.7. The zero-order valence-electron chi connectivity index (χ0n) is 36.0. The Morgan fingerprint density at radius 1 is 0.672 bits per heavy atom. The first-order valence-corrected chi connectivity index (χ1v) is 20.5. The molecular formula is C44H52N6O14. The van der Waals surface area contributed by atoms with Crippen LogP contribution in [0, 0.1) is 0 Å². The van der Waals surface area contributed by atoms with Crippen molar-refractivity contribution in [3.05, 3.63) is 118 Å². The number of nitrogens with one attached hydrogen (secondary N) is 2. The molecule has 10 atom stereocenters. The minimum absolute atomic E-state index is 0.0158. The van der Waals surface area contributed by atoms with Crippen LogP contribution in [0.2, 0.25) is 0 Å². The highest BCUT2D eigenvalue weighted by Crippen LogP contribution is 2.35. The number of benzene rings is 3. The molecule has 0 aromatic heterocycles. The monoisotopic (exact) mass is 888 g/mol. The molecule has 2 N–H and O–H groups in total. The number of esters is 3. The van der Waals surface area contributed by atoms with Crippen molar-refractivity contribution in [2.75, 3.05) is 7.05 Å². The van der Waals surface area contributed by atoms with E-state index < -0.39 is 97.2 Å². The normalized spacial score (nSPS) is 24.2. The van der Waals surface area contributed by atoms with Gasteiger partial charge in [-0.15, -0.1) is 0 Å². The average Bonchev–Trinajstić information content (AvgIpc) is 3.28. The fourth-order valence-electron chi connectivity index (χ4n) is 7.33. The minimum Gasteiger partial charge on any atom is -0.458 e. The SMILES string of the molecule is CC(=O)O[C@@H]1[C@@H](NC(=O)OCc2ccccc2)[C@H](OC(C)=O)[C@@H](OC(C)=O)[C@H](OC2O[C@H](C(C)N(C)C(=O)OCc3ccccc3)CC[C@H]2N=[N+]=[N-])[C@H]1NC(=O)OCc1ccccc1. The predicted molar refractivity (Wildman–Crippen MR) is 223 cm³/mol. The third kappa shape index (κ3) is 13.8. The first-order valence-electron chi connectivity index (χ1n) is 20.5. The molecule has 1 heterocycles. The van der Waals surface area contributed by atoms with Crippen molar-refractivity contribution in [2.24, 2.45) is 5.11 Å². The summed E-state index contributed by atoms with van der Waals surface area (Å²) in [4.78, 5) is 83.5. The fraction of sp³-hybridized carbons (Fsp3) is 0.455. The molecule has 2 fully saturated rings. The molecule has 0 spiro atoms. The van der Waals surface area contributed by atoms with Crippen LogP contribution in [0.3, 0.4) is 0 Å². The number of hydrogen-bond donors (Lipinski definition) is 2. The molecule has 0 bridgehead atoms. The first kappa shape index (κ1) is 48.1. The molecule has 3 aromatic rings. The van der Waals surface area contributed by atoms with Crippen LogP contribution in [0.5, 0.6) is 0 Å². The molecule has 1 aliphatic carbocycles. The van der Waals surface area contributed by atoms with Crippen molar-refractivity contribution < 1.29 is 66.7 Å². The van der Waals surface area contributed by atoms with E-state index in [1.165, 1.54) is 11.9 Å². The van der Waals surface area contributed by atoms with Gasteiger partial charge in [-0.25, -0.2) is 14.4 Å². The van der Waals surface area contributed by atoms with Crippen LogP contribution >= 0.6 is 0 Å². The van der Waals surface area contributed by atoms with E-state index in [1.807, 2.05) is 30.3 Å². The van der Waals surface area contributed by atoms with E-state index in [2.05, 4.69) is 20.7 Å². The Labute approximate surface area is 369 Å². The molecule has 5 rings (SSSR count). The zero-order chi connectivity index (χ0) is 46.2. The summed E-state index contributed by atoms with van der Waals surface area (Å²) in [6.07, 6.45) is -11.3. The number of carbonyl (C=O) groups excluding carboxylic acids is 6. The molecule has 1 saturated heterocycles. The second-order valence-electron chi connectivity index (χ2n) is 15.1. The number of hydrogen-bond acceptors (Lipinski definition) is 15. The van der Waals surface area contributed by atoms with Gasteiger partial charge in [0.05, 0.1) is 18.2 Å². The lowest BCUT2D eigenvalue weighted by molar-refractivity contribution is -0.274. The van der Waals surface area contributed by atoms with Crippen molar-refractivity contribution >= 4 is 36.2 Å². The molecule has 20 nitrogen and oxygen atoms in total. The third-order valence-electron chi connectivity index (χ3n) is 10.5. The number of amides is 3. The van der Waals surface area contributed by atoms with Gasteiger partial charge in [-0.05, 0) is 42.0 Å². The number of nitrogens with zero attached hydrogens (tertiary/aromatic N) is 4. The summed E-state index contributed by atoms with van der Waals surface area (Å²) in [5.74, 6) is -2.71. The summed E-state index contributed by atoms with van der Waals surface area (Å²) in [5, 5.41) is 9.13. The summed E-state index contributed by atoms with van der Waals surface area (Å²) >= 11 is 0. The summed E-state index contributed by atoms with van der Waals surface area (Å²) in [6, 6.07) is 21.6. The third-order valence-corrected chi connectivity index (χ3v) is 10.5. The number of ether oxygens (including phenoxy) is 8. The molecule has 3 amide bonds. The predicted octanol–water partition coefficient (Wildman–Crippen LogP) is 5.61. The Morgan fingerprint density at radius 3 is 1.58 bits per heavy atom. The summed E-state index contributed by atoms with van der Waals surface area (Å²) in [6.45, 7) is 4.54. The van der Waals surface area contributed by atoms with Crippen LogP contribution in [-0.2, 0) is 72.1 Å². The minimum atomic E-state index is -1.70. The molecule has 342 valence electrons. The van der Waals surface area contributed by atoms with Gasteiger partial charge in [0.2, 0.25) is 0 Å². The number of azide groups is 1. The highest BCUT2D eigenvalue weighted by Gasteiger charge is 2.59. The van der Waals surface area contributed by atoms with Gasteiger partial charge in [-0.2, -0.15) is 0 Å². The van der Waals surface area contributed by atoms with Crippen molar-refractivity contribution in [3.63, 3.8) is 0 Å². The van der Waals surface area contributed by atoms with E-state index >= 15 is 0 Å². The highest BCUT2D eigenvalue weighted by molar-refractivity contribution is 5.72. The van der Waals surface area contributed by atoms with E-state index in [-0.39, 0.29) is 32.7 Å². The second-order valence-corrected chi connectivity index (χ2v) is 15.1. The van der Waals surface area contributed by atoms with Crippen LogP contribution in [0.4, 0.5) is 14.4 Å². The zero-order valence-corrected chi connectivity index (χ0v) is 36.0. The molecule has 20 heteroatoms. The maximum Gasteiger partial charge on any atom is 0.410 e. The fourth-order valence-corrected chi connectivity index (χ4v) is 7.33. The van der Waals surface area contributed by atoms with Gasteiger partial charge in [-0.1, -0.05) is 96.1 Å². The highest BCUT2D eigenvalue weighted by atomic mass is 16.7. The molecule has 2 aliphatic rings. The van der Waals surface area contributed by atoms with E-state index in [9.17, 15) is 34.3 Å². The Balaban J connectivity index is 1.51. The first-order chi connectivity index (χ1) is 30.7. The van der Waals surface area contributed by atoms with Crippen LogP contribution < -0.4 is 10.6 Å². The number of likely N-dealkylation sites (N-methyl/N-ethyl adjacent to an activating group) is 1. The second kappa shape index (κ2) is 23.5. The number of carbonyl (C=O) groups is 6. The van der Waals surface area contributed by atoms with Gasteiger partial charge in [-0.3, -0.25) is 14.4 Å². The van der Waals surface area contributed by atoms with Crippen LogP contribution in [0.15, 0.2) is 96.1 Å². The molecule has 1 aliphatic heterocycles. The van der Waals surface area contributed by atoms with Gasteiger partial charge in [0, 0.05) is 32.7 Å². The molecule has 1 saturated carbocycles. The van der Waals surface area contributed by atoms with Gasteiger partial charge >= 0.3 is 36.2 Å². The van der Waals surface area contributed by atoms with E-state index in [4.69, 9.17) is 37.9 Å². The van der Waals surface area contributed by atoms with Crippen molar-refractivity contribution in [1.29, 1.82) is 0 Å². The largest absolute Gasteiger partial charge is 0.458 e. The van der Waals surface area contributed by atoms with E-state index in [0.29, 0.717) is 11.1 Å². The van der Waals surface area contributed by atoms with Gasteiger partial charge < -0.3 is 53.4 Å². The lowest BCUT2D eigenvalue weighted by atomic mass is 9.80. The van der Waals surface area contributed by atoms with E-state index in [1.54, 1.807) is 67.6 Å². The molecular weight excluding hydrogens is 837 g/mol.